The molecule has 1 heterocycles. The second-order valence-corrected chi connectivity index (χ2v) is 10.7. The molecule has 1 aromatic rings. The van der Waals surface area contributed by atoms with Gasteiger partial charge in [-0.25, -0.2) is 0 Å². The Balaban J connectivity index is 2.15. The molecule has 1 aliphatic carbocycles. The first-order valence-corrected chi connectivity index (χ1v) is 9.50. The van der Waals surface area contributed by atoms with Crippen LogP contribution >= 0.6 is 0 Å². The fourth-order valence-corrected chi connectivity index (χ4v) is 8.29. The minimum Gasteiger partial charge on any atom is -0.497 e. The molecule has 1 fully saturated rings. The van der Waals surface area contributed by atoms with Crippen molar-refractivity contribution in [2.45, 2.75) is 32.0 Å². The lowest BCUT2D eigenvalue weighted by Crippen LogP contribution is -2.55. The zero-order valence-electron chi connectivity index (χ0n) is 11.1. The minimum absolute atomic E-state index is 0.878. The van der Waals surface area contributed by atoms with Gasteiger partial charge in [0.25, 0.3) is 0 Å². The molecule has 17 heavy (non-hydrogen) atoms. The number of allylic oxidation sites excluding steroid dienone is 1. The van der Waals surface area contributed by atoms with Gasteiger partial charge < -0.3 is 4.74 Å². The molecule has 1 nitrogen and oxygen atoms in total. The molecule has 2 heteroatoms. The molecule has 0 spiro atoms. The van der Waals surface area contributed by atoms with Gasteiger partial charge in [-0.1, -0.05) is 42.9 Å². The van der Waals surface area contributed by atoms with Gasteiger partial charge in [-0.3, -0.25) is 0 Å². The lowest BCUT2D eigenvalue weighted by molar-refractivity contribution is 0.414. The monoisotopic (exact) mass is 244 g/mol. The fourth-order valence-electron chi connectivity index (χ4n) is 3.89. The molecule has 0 bridgehead atoms. The van der Waals surface area contributed by atoms with E-state index in [2.05, 4.69) is 44.3 Å². The second-order valence-electron chi connectivity index (χ2n) is 6.05. The molecule has 0 amide bonds. The standard InChI is InChI=1S/C15H20OSi/c1-10-7-12-8-11-9-13(16-2)5-6-14(11)17(3,4)15(10)12/h5-6,8-10,15H,7H2,1-4H3. The Kier molecular flexibility index (Phi) is 2.27. The number of fused-ring (bicyclic) bond motifs is 2. The summed E-state index contributed by atoms with van der Waals surface area (Å²) in [4.78, 5) is 0. The van der Waals surface area contributed by atoms with Crippen LogP contribution in [0.5, 0.6) is 5.75 Å². The van der Waals surface area contributed by atoms with E-state index in [9.17, 15) is 0 Å². The summed E-state index contributed by atoms with van der Waals surface area (Å²) in [6.07, 6.45) is 3.72. The van der Waals surface area contributed by atoms with Gasteiger partial charge in [0.05, 0.1) is 15.2 Å². The highest BCUT2D eigenvalue weighted by molar-refractivity contribution is 6.92. The maximum absolute atomic E-state index is 5.34. The first-order valence-electron chi connectivity index (χ1n) is 6.43. The van der Waals surface area contributed by atoms with Crippen LogP contribution in [0.25, 0.3) is 6.08 Å². The summed E-state index contributed by atoms with van der Waals surface area (Å²) < 4.78 is 5.34. The highest BCUT2D eigenvalue weighted by atomic mass is 28.3. The van der Waals surface area contributed by atoms with Crippen molar-refractivity contribution in [1.29, 1.82) is 0 Å². The van der Waals surface area contributed by atoms with Gasteiger partial charge in [0.2, 0.25) is 0 Å². The molecule has 2 unspecified atom stereocenters. The highest BCUT2D eigenvalue weighted by Crippen LogP contribution is 2.53. The summed E-state index contributed by atoms with van der Waals surface area (Å²) in [7, 11) is 0.431. The van der Waals surface area contributed by atoms with Gasteiger partial charge >= 0.3 is 0 Å². The zero-order chi connectivity index (χ0) is 12.2. The van der Waals surface area contributed by atoms with Crippen LogP contribution < -0.4 is 9.92 Å². The third kappa shape index (κ3) is 1.43. The molecule has 0 aromatic heterocycles. The van der Waals surface area contributed by atoms with E-state index in [-0.39, 0.29) is 0 Å². The van der Waals surface area contributed by atoms with Crippen molar-refractivity contribution in [3.05, 3.63) is 29.3 Å². The fraction of sp³-hybridized carbons (Fsp3) is 0.467. The molecule has 0 saturated heterocycles. The number of hydrogen-bond donors (Lipinski definition) is 0. The second kappa shape index (κ2) is 3.48. The Morgan fingerprint density at radius 2 is 2.06 bits per heavy atom. The average molecular weight is 244 g/mol. The lowest BCUT2D eigenvalue weighted by Gasteiger charge is -2.50. The molecular formula is C15H20OSi. The molecule has 1 aromatic carbocycles. The number of benzene rings is 1. The first kappa shape index (κ1) is 11.1. The largest absolute Gasteiger partial charge is 0.497 e. The van der Waals surface area contributed by atoms with Crippen molar-refractivity contribution in [2.24, 2.45) is 5.92 Å². The van der Waals surface area contributed by atoms with E-state index >= 15 is 0 Å². The van der Waals surface area contributed by atoms with E-state index in [4.69, 9.17) is 4.74 Å². The summed E-state index contributed by atoms with van der Waals surface area (Å²) >= 11 is 0. The third-order valence-corrected chi connectivity index (χ3v) is 8.94. The van der Waals surface area contributed by atoms with E-state index in [1.54, 1.807) is 17.9 Å². The quantitative estimate of drug-likeness (QED) is 0.688. The predicted octanol–water partition coefficient (Wildman–Crippen LogP) is 3.42. The summed E-state index contributed by atoms with van der Waals surface area (Å²) in [5.41, 5.74) is 3.98. The Bertz CT molecular complexity index is 502. The van der Waals surface area contributed by atoms with Gasteiger partial charge in [0, 0.05) is 0 Å². The van der Waals surface area contributed by atoms with Crippen molar-refractivity contribution in [3.63, 3.8) is 0 Å². The molecule has 0 N–H and O–H groups in total. The van der Waals surface area contributed by atoms with Crippen LogP contribution in [-0.2, 0) is 0 Å². The van der Waals surface area contributed by atoms with Crippen LogP contribution in [-0.4, -0.2) is 15.2 Å². The van der Waals surface area contributed by atoms with Crippen LogP contribution in [0.3, 0.4) is 0 Å². The van der Waals surface area contributed by atoms with Gasteiger partial charge in [-0.05, 0) is 35.6 Å². The molecule has 90 valence electrons. The molecule has 0 radical (unpaired) electrons. The SMILES string of the molecule is COc1ccc2c(c1)C=C1CC(C)C1[Si]2(C)C. The van der Waals surface area contributed by atoms with Crippen molar-refractivity contribution in [2.75, 3.05) is 7.11 Å². The van der Waals surface area contributed by atoms with E-state index in [1.165, 1.54) is 12.0 Å². The Morgan fingerprint density at radius 3 is 2.71 bits per heavy atom. The minimum atomic E-state index is -1.31. The van der Waals surface area contributed by atoms with Crippen molar-refractivity contribution in [3.8, 4) is 5.75 Å². The molecule has 3 rings (SSSR count). The van der Waals surface area contributed by atoms with Gasteiger partial charge in [0.1, 0.15) is 5.75 Å². The summed E-state index contributed by atoms with van der Waals surface area (Å²) in [5, 5.41) is 1.61. The number of rotatable bonds is 1. The van der Waals surface area contributed by atoms with E-state index in [1.807, 2.05) is 0 Å². The molecule has 2 aliphatic rings. The van der Waals surface area contributed by atoms with Gasteiger partial charge in [0.15, 0.2) is 0 Å². The molecule has 1 saturated carbocycles. The van der Waals surface area contributed by atoms with Crippen LogP contribution in [0, 0.1) is 5.92 Å². The van der Waals surface area contributed by atoms with Crippen LogP contribution in [0.2, 0.25) is 18.6 Å². The van der Waals surface area contributed by atoms with Crippen LogP contribution in [0.1, 0.15) is 18.9 Å². The maximum atomic E-state index is 5.34. The van der Waals surface area contributed by atoms with Crippen molar-refractivity contribution < 1.29 is 4.74 Å². The van der Waals surface area contributed by atoms with Crippen LogP contribution in [0.15, 0.2) is 23.8 Å². The third-order valence-electron chi connectivity index (χ3n) is 4.60. The van der Waals surface area contributed by atoms with Gasteiger partial charge in [-0.15, -0.1) is 0 Å². The maximum Gasteiger partial charge on any atom is 0.119 e. The van der Waals surface area contributed by atoms with Crippen molar-refractivity contribution >= 4 is 19.3 Å². The normalized spacial score (nSPS) is 28.6. The highest BCUT2D eigenvalue weighted by Gasteiger charge is 2.48. The Morgan fingerprint density at radius 1 is 1.29 bits per heavy atom. The first-order chi connectivity index (χ1) is 8.04. The Labute approximate surface area is 105 Å². The molecule has 1 aliphatic heterocycles. The summed E-state index contributed by atoms with van der Waals surface area (Å²) in [5.74, 6) is 1.87. The van der Waals surface area contributed by atoms with Crippen molar-refractivity contribution in [1.82, 2.24) is 0 Å². The number of hydrogen-bond acceptors (Lipinski definition) is 1. The smallest absolute Gasteiger partial charge is 0.119 e. The number of methoxy groups -OCH3 is 1. The van der Waals surface area contributed by atoms with E-state index in [0.717, 1.165) is 17.2 Å². The Hall–Kier alpha value is -1.02. The predicted molar refractivity (Wildman–Crippen MR) is 75.6 cm³/mol. The summed E-state index contributed by atoms with van der Waals surface area (Å²) in [6, 6.07) is 6.63. The molecular weight excluding hydrogens is 224 g/mol. The van der Waals surface area contributed by atoms with E-state index < -0.39 is 8.07 Å². The molecule has 2 atom stereocenters. The topological polar surface area (TPSA) is 9.23 Å². The van der Waals surface area contributed by atoms with E-state index in [0.29, 0.717) is 0 Å². The zero-order valence-corrected chi connectivity index (χ0v) is 12.1. The lowest BCUT2D eigenvalue weighted by atomic mass is 9.79. The summed E-state index contributed by atoms with van der Waals surface area (Å²) in [6.45, 7) is 7.45. The average Bonchev–Trinajstić information content (AvgIpc) is 2.26. The van der Waals surface area contributed by atoms with Gasteiger partial charge in [-0.2, -0.15) is 0 Å². The number of ether oxygens (including phenoxy) is 1. The van der Waals surface area contributed by atoms with Crippen LogP contribution in [0.4, 0.5) is 0 Å².